The Morgan fingerprint density at radius 3 is 2.57 bits per heavy atom. The third-order valence-electron chi connectivity index (χ3n) is 1.64. The molecule has 0 unspecified atom stereocenters. The summed E-state index contributed by atoms with van der Waals surface area (Å²) in [6.07, 6.45) is 0. The molecule has 0 saturated heterocycles. The fourth-order valence-electron chi connectivity index (χ4n) is 0.889. The molecule has 0 aliphatic heterocycles. The van der Waals surface area contributed by atoms with Gasteiger partial charge in [-0.1, -0.05) is 23.2 Å². The summed E-state index contributed by atoms with van der Waals surface area (Å²) in [4.78, 5) is 18.8. The van der Waals surface area contributed by atoms with Crippen LogP contribution in [0.15, 0.2) is 0 Å². The zero-order valence-corrected chi connectivity index (χ0v) is 8.69. The molecule has 0 aromatic carbocycles. The van der Waals surface area contributed by atoms with Gasteiger partial charge >= 0.3 is 5.97 Å². The summed E-state index contributed by atoms with van der Waals surface area (Å²) < 4.78 is 0. The van der Waals surface area contributed by atoms with Crippen molar-refractivity contribution >= 4 is 35.0 Å². The number of hydrogen-bond acceptors (Lipinski definition) is 5. The summed E-state index contributed by atoms with van der Waals surface area (Å²) in [5, 5.41) is 0.235. The first kappa shape index (κ1) is 11.0. The molecule has 0 bridgehead atoms. The number of pyridine rings is 1. The van der Waals surface area contributed by atoms with Crippen LogP contribution in [0.2, 0.25) is 10.2 Å². The zero-order valence-electron chi connectivity index (χ0n) is 7.17. The van der Waals surface area contributed by atoms with E-state index in [1.165, 1.54) is 0 Å². The molecule has 1 aromatic heterocycles. The van der Waals surface area contributed by atoms with Gasteiger partial charge in [-0.15, -0.1) is 0 Å². The normalized spacial score (nSPS) is 10.0. The van der Waals surface area contributed by atoms with E-state index in [9.17, 15) is 4.79 Å². The maximum absolute atomic E-state index is 11.1. The van der Waals surface area contributed by atoms with Crippen molar-refractivity contribution in [3.63, 3.8) is 0 Å². The number of nitrogen functional groups attached to an aromatic ring is 1. The van der Waals surface area contributed by atoms with Gasteiger partial charge in [0, 0.05) is 5.56 Å². The predicted octanol–water partition coefficient (Wildman–Crippen LogP) is 1.31. The van der Waals surface area contributed by atoms with Gasteiger partial charge in [-0.05, 0) is 6.92 Å². The largest absolute Gasteiger partial charge is 0.383 e. The summed E-state index contributed by atoms with van der Waals surface area (Å²) >= 11 is 11.5. The summed E-state index contributed by atoms with van der Waals surface area (Å²) in [5.41, 5.74) is 5.81. The van der Waals surface area contributed by atoms with E-state index in [0.29, 0.717) is 5.56 Å². The molecule has 1 rings (SSSR count). The van der Waals surface area contributed by atoms with Gasteiger partial charge in [0.25, 0.3) is 0 Å². The summed E-state index contributed by atoms with van der Waals surface area (Å²) in [5.74, 6) is 3.75. The molecule has 0 amide bonds. The van der Waals surface area contributed by atoms with Crippen LogP contribution in [0.5, 0.6) is 0 Å². The molecule has 76 valence electrons. The van der Waals surface area contributed by atoms with Crippen molar-refractivity contribution in [3.05, 3.63) is 21.3 Å². The number of aromatic nitrogens is 1. The van der Waals surface area contributed by atoms with E-state index in [-0.39, 0.29) is 21.6 Å². The van der Waals surface area contributed by atoms with Crippen molar-refractivity contribution in [1.82, 2.24) is 4.98 Å². The second-order valence-electron chi connectivity index (χ2n) is 2.51. The molecule has 4 N–H and O–H groups in total. The molecule has 1 heterocycles. The highest BCUT2D eigenvalue weighted by Crippen LogP contribution is 2.29. The van der Waals surface area contributed by atoms with Crippen molar-refractivity contribution in [1.29, 1.82) is 0 Å². The van der Waals surface area contributed by atoms with Gasteiger partial charge in [-0.3, -0.25) is 0 Å². The molecule has 5 nitrogen and oxygen atoms in total. The summed E-state index contributed by atoms with van der Waals surface area (Å²) in [6, 6.07) is 0. The molecular formula is C7H7Cl2N3O2. The van der Waals surface area contributed by atoms with Crippen molar-refractivity contribution in [3.8, 4) is 0 Å². The van der Waals surface area contributed by atoms with E-state index in [4.69, 9.17) is 34.8 Å². The van der Waals surface area contributed by atoms with Crippen LogP contribution in [0.1, 0.15) is 15.9 Å². The number of rotatable bonds is 1. The number of carbonyl (C=O) groups excluding carboxylic acids is 1. The Labute approximate surface area is 89.9 Å². The molecule has 0 fully saturated rings. The third kappa shape index (κ3) is 1.75. The van der Waals surface area contributed by atoms with E-state index >= 15 is 0 Å². The van der Waals surface area contributed by atoms with Crippen LogP contribution in [-0.4, -0.2) is 11.0 Å². The standard InChI is InChI=1S/C7H7Cl2N3O2/c1-2-4(8)3(7(13)14-11)6(10)12-5(2)9/h11H2,1H3,(H2,10,12). The molecule has 0 spiro atoms. The van der Waals surface area contributed by atoms with Crippen LogP contribution in [-0.2, 0) is 4.84 Å². The van der Waals surface area contributed by atoms with Gasteiger partial charge in [-0.2, -0.15) is 5.90 Å². The lowest BCUT2D eigenvalue weighted by molar-refractivity contribution is 0.0504. The van der Waals surface area contributed by atoms with Gasteiger partial charge < -0.3 is 10.6 Å². The van der Waals surface area contributed by atoms with Crippen molar-refractivity contribution in [2.75, 3.05) is 5.73 Å². The minimum atomic E-state index is -0.847. The first-order chi connectivity index (χ1) is 6.49. The highest BCUT2D eigenvalue weighted by molar-refractivity contribution is 6.37. The monoisotopic (exact) mass is 235 g/mol. The van der Waals surface area contributed by atoms with Crippen LogP contribution in [0.4, 0.5) is 5.82 Å². The Morgan fingerprint density at radius 2 is 2.07 bits per heavy atom. The number of anilines is 1. The van der Waals surface area contributed by atoms with E-state index in [1.807, 2.05) is 0 Å². The van der Waals surface area contributed by atoms with E-state index in [2.05, 4.69) is 9.82 Å². The highest BCUT2D eigenvalue weighted by Gasteiger charge is 2.20. The van der Waals surface area contributed by atoms with E-state index in [1.54, 1.807) is 6.92 Å². The van der Waals surface area contributed by atoms with E-state index < -0.39 is 5.97 Å². The molecule has 0 atom stereocenters. The van der Waals surface area contributed by atoms with Gasteiger partial charge in [0.2, 0.25) is 0 Å². The third-order valence-corrected chi connectivity index (χ3v) is 2.48. The number of halogens is 2. The molecule has 0 aliphatic carbocycles. The van der Waals surface area contributed by atoms with Crippen molar-refractivity contribution < 1.29 is 9.63 Å². The molecular weight excluding hydrogens is 229 g/mol. The van der Waals surface area contributed by atoms with E-state index in [0.717, 1.165) is 0 Å². The Bertz CT molecular complexity index is 395. The quantitative estimate of drug-likeness (QED) is 0.566. The van der Waals surface area contributed by atoms with Crippen molar-refractivity contribution in [2.24, 2.45) is 5.90 Å². The molecule has 14 heavy (non-hydrogen) atoms. The van der Waals surface area contributed by atoms with Crippen molar-refractivity contribution in [2.45, 2.75) is 6.92 Å². The minimum absolute atomic E-state index is 0.0731. The Balaban J connectivity index is 3.44. The first-order valence-corrected chi connectivity index (χ1v) is 4.26. The lowest BCUT2D eigenvalue weighted by atomic mass is 10.2. The van der Waals surface area contributed by atoms with Gasteiger partial charge in [0.1, 0.15) is 16.5 Å². The second kappa shape index (κ2) is 4.00. The lowest BCUT2D eigenvalue weighted by Gasteiger charge is -2.08. The fraction of sp³-hybridized carbons (Fsp3) is 0.143. The maximum Gasteiger partial charge on any atom is 0.361 e. The molecule has 0 aliphatic rings. The highest BCUT2D eigenvalue weighted by atomic mass is 35.5. The smallest absolute Gasteiger partial charge is 0.361 e. The number of carbonyl (C=O) groups is 1. The molecule has 0 saturated carbocycles. The fourth-order valence-corrected chi connectivity index (χ4v) is 1.39. The maximum atomic E-state index is 11.1. The van der Waals surface area contributed by atoms with Crippen LogP contribution in [0, 0.1) is 6.92 Å². The number of nitrogens with zero attached hydrogens (tertiary/aromatic N) is 1. The van der Waals surface area contributed by atoms with Crippen LogP contribution in [0.25, 0.3) is 0 Å². The Morgan fingerprint density at radius 1 is 1.50 bits per heavy atom. The first-order valence-electron chi connectivity index (χ1n) is 3.51. The number of nitrogens with two attached hydrogens (primary N) is 2. The van der Waals surface area contributed by atoms with Crippen LogP contribution < -0.4 is 11.6 Å². The summed E-state index contributed by atoms with van der Waals surface area (Å²) in [6.45, 7) is 1.60. The Kier molecular flexibility index (Phi) is 3.15. The lowest BCUT2D eigenvalue weighted by Crippen LogP contribution is -2.14. The molecule has 7 heteroatoms. The summed E-state index contributed by atoms with van der Waals surface area (Å²) in [7, 11) is 0. The van der Waals surface area contributed by atoms with Crippen LogP contribution in [0.3, 0.4) is 0 Å². The predicted molar refractivity (Wildman–Crippen MR) is 53.0 cm³/mol. The van der Waals surface area contributed by atoms with Crippen LogP contribution >= 0.6 is 23.2 Å². The average Bonchev–Trinajstić information content (AvgIpc) is 2.14. The van der Waals surface area contributed by atoms with Gasteiger partial charge in [0.15, 0.2) is 0 Å². The minimum Gasteiger partial charge on any atom is -0.383 e. The molecule has 1 aromatic rings. The SMILES string of the molecule is Cc1c(Cl)nc(N)c(C(=O)ON)c1Cl. The Hall–Kier alpha value is -1.04. The second-order valence-corrected chi connectivity index (χ2v) is 3.24. The van der Waals surface area contributed by atoms with Gasteiger partial charge in [-0.25, -0.2) is 9.78 Å². The molecule has 0 radical (unpaired) electrons. The number of hydrogen-bond donors (Lipinski definition) is 2. The van der Waals surface area contributed by atoms with Gasteiger partial charge in [0.05, 0.1) is 5.02 Å². The average molecular weight is 236 g/mol. The zero-order chi connectivity index (χ0) is 10.9. The topological polar surface area (TPSA) is 91.2 Å².